The van der Waals surface area contributed by atoms with E-state index < -0.39 is 0 Å². The minimum atomic E-state index is 0.0512. The van der Waals surface area contributed by atoms with E-state index in [4.69, 9.17) is 0 Å². The van der Waals surface area contributed by atoms with Gasteiger partial charge in [-0.25, -0.2) is 0 Å². The topological polar surface area (TPSA) is 53.5 Å². The molecule has 1 saturated carbocycles. The van der Waals surface area contributed by atoms with E-state index in [0.29, 0.717) is 30.4 Å². The fourth-order valence-electron chi connectivity index (χ4n) is 5.00. The molecule has 0 spiro atoms. The fraction of sp³-hybridized carbons (Fsp3) is 0.667. The summed E-state index contributed by atoms with van der Waals surface area (Å²) in [5.74, 6) is 1.52. The van der Waals surface area contributed by atoms with Gasteiger partial charge < -0.3 is 9.80 Å². The SMILES string of the molecule is O=C(c1cccnc1)N1C[C@H]2CC[C@@H](C1)N(C(=O)CCC1CCCC1)C2. The Kier molecular flexibility index (Phi) is 5.23. The van der Waals surface area contributed by atoms with Crippen molar-refractivity contribution in [3.63, 3.8) is 0 Å². The second-order valence-electron chi connectivity index (χ2n) is 8.28. The van der Waals surface area contributed by atoms with Crippen molar-refractivity contribution < 1.29 is 9.59 Å². The van der Waals surface area contributed by atoms with E-state index in [9.17, 15) is 9.59 Å². The van der Waals surface area contributed by atoms with Crippen molar-refractivity contribution in [2.24, 2.45) is 11.8 Å². The summed E-state index contributed by atoms with van der Waals surface area (Å²) in [6.45, 7) is 2.25. The average molecular weight is 355 g/mol. The number of pyridine rings is 1. The van der Waals surface area contributed by atoms with Gasteiger partial charge in [0, 0.05) is 44.5 Å². The van der Waals surface area contributed by atoms with Crippen molar-refractivity contribution in [2.45, 2.75) is 57.4 Å². The first-order valence-corrected chi connectivity index (χ1v) is 10.2. The number of aromatic nitrogens is 1. The molecule has 4 aliphatic rings. The van der Waals surface area contributed by atoms with E-state index in [2.05, 4.69) is 9.88 Å². The fourth-order valence-corrected chi connectivity index (χ4v) is 5.00. The third-order valence-corrected chi connectivity index (χ3v) is 6.47. The largest absolute Gasteiger partial charge is 0.338 e. The molecular formula is C21H29N3O2. The maximum absolute atomic E-state index is 12.9. The molecule has 5 nitrogen and oxygen atoms in total. The highest BCUT2D eigenvalue weighted by Crippen LogP contribution is 2.32. The first kappa shape index (κ1) is 17.5. The quantitative estimate of drug-likeness (QED) is 0.834. The summed E-state index contributed by atoms with van der Waals surface area (Å²) in [5, 5.41) is 0. The Hall–Kier alpha value is -1.91. The molecule has 1 aliphatic carbocycles. The Labute approximate surface area is 155 Å². The molecule has 5 rings (SSSR count). The van der Waals surface area contributed by atoms with Gasteiger partial charge in [-0.15, -0.1) is 0 Å². The van der Waals surface area contributed by atoms with Gasteiger partial charge in [-0.05, 0) is 43.2 Å². The van der Waals surface area contributed by atoms with Crippen molar-refractivity contribution in [1.82, 2.24) is 14.8 Å². The first-order valence-electron chi connectivity index (χ1n) is 10.2. The Morgan fingerprint density at radius 2 is 1.92 bits per heavy atom. The molecule has 4 fully saturated rings. The van der Waals surface area contributed by atoms with E-state index in [-0.39, 0.29) is 11.9 Å². The number of carbonyl (C=O) groups excluding carboxylic acids is 2. The summed E-state index contributed by atoms with van der Waals surface area (Å²) in [6, 6.07) is 3.82. The van der Waals surface area contributed by atoms with Gasteiger partial charge in [0.25, 0.3) is 5.91 Å². The molecule has 3 aliphatic heterocycles. The maximum Gasteiger partial charge on any atom is 0.255 e. The lowest BCUT2D eigenvalue weighted by molar-refractivity contribution is -0.135. The average Bonchev–Trinajstić information content (AvgIpc) is 3.04. The highest BCUT2D eigenvalue weighted by Gasteiger charge is 2.38. The zero-order valence-corrected chi connectivity index (χ0v) is 15.5. The molecule has 4 heterocycles. The molecule has 0 unspecified atom stereocenters. The Morgan fingerprint density at radius 3 is 2.69 bits per heavy atom. The van der Waals surface area contributed by atoms with Crippen LogP contribution in [0.3, 0.4) is 0 Å². The summed E-state index contributed by atoms with van der Waals surface area (Å²) in [4.78, 5) is 33.8. The second-order valence-corrected chi connectivity index (χ2v) is 8.28. The molecule has 1 aromatic heterocycles. The molecule has 0 N–H and O–H groups in total. The van der Waals surface area contributed by atoms with Crippen molar-refractivity contribution in [1.29, 1.82) is 0 Å². The number of fused-ring (bicyclic) bond motifs is 4. The van der Waals surface area contributed by atoms with Crippen LogP contribution in [0.2, 0.25) is 0 Å². The highest BCUT2D eigenvalue weighted by molar-refractivity contribution is 5.94. The lowest BCUT2D eigenvalue weighted by atomic mass is 9.94. The van der Waals surface area contributed by atoms with Gasteiger partial charge in [-0.3, -0.25) is 14.6 Å². The number of rotatable bonds is 4. The van der Waals surface area contributed by atoms with Gasteiger partial charge in [-0.2, -0.15) is 0 Å². The molecule has 140 valence electrons. The minimum absolute atomic E-state index is 0.0512. The molecule has 2 bridgehead atoms. The van der Waals surface area contributed by atoms with Crippen LogP contribution in [0.15, 0.2) is 24.5 Å². The van der Waals surface area contributed by atoms with Crippen LogP contribution in [0, 0.1) is 11.8 Å². The van der Waals surface area contributed by atoms with Crippen LogP contribution in [-0.4, -0.2) is 52.3 Å². The van der Waals surface area contributed by atoms with E-state index in [1.807, 2.05) is 11.0 Å². The van der Waals surface area contributed by atoms with Gasteiger partial charge in [0.2, 0.25) is 5.91 Å². The van der Waals surface area contributed by atoms with E-state index in [0.717, 1.165) is 38.3 Å². The van der Waals surface area contributed by atoms with Gasteiger partial charge in [-0.1, -0.05) is 25.7 Å². The smallest absolute Gasteiger partial charge is 0.255 e. The van der Waals surface area contributed by atoms with Crippen LogP contribution in [0.4, 0.5) is 0 Å². The van der Waals surface area contributed by atoms with E-state index in [1.165, 1.54) is 25.7 Å². The van der Waals surface area contributed by atoms with Gasteiger partial charge in [0.05, 0.1) is 5.56 Å². The van der Waals surface area contributed by atoms with Crippen molar-refractivity contribution in [3.05, 3.63) is 30.1 Å². The number of amides is 2. The minimum Gasteiger partial charge on any atom is -0.338 e. The molecule has 0 aromatic carbocycles. The predicted octanol–water partition coefficient (Wildman–Crippen LogP) is 3.12. The second kappa shape index (κ2) is 7.77. The summed E-state index contributed by atoms with van der Waals surface area (Å²) >= 11 is 0. The predicted molar refractivity (Wildman–Crippen MR) is 99.6 cm³/mol. The van der Waals surface area contributed by atoms with E-state index >= 15 is 0 Å². The number of nitrogens with zero attached hydrogens (tertiary/aromatic N) is 3. The molecule has 2 amide bonds. The lowest BCUT2D eigenvalue weighted by Crippen LogP contribution is -2.47. The molecular weight excluding hydrogens is 326 g/mol. The zero-order valence-electron chi connectivity index (χ0n) is 15.5. The van der Waals surface area contributed by atoms with Gasteiger partial charge in [0.1, 0.15) is 0 Å². The van der Waals surface area contributed by atoms with Crippen LogP contribution in [-0.2, 0) is 4.79 Å². The Bertz CT molecular complexity index is 642. The van der Waals surface area contributed by atoms with Crippen molar-refractivity contribution in [3.8, 4) is 0 Å². The molecule has 0 radical (unpaired) electrons. The lowest BCUT2D eigenvalue weighted by Gasteiger charge is -2.36. The van der Waals surface area contributed by atoms with Crippen LogP contribution >= 0.6 is 0 Å². The number of piperidine rings is 1. The summed E-state index contributed by atoms with van der Waals surface area (Å²) in [5.41, 5.74) is 0.646. The van der Waals surface area contributed by atoms with Crippen LogP contribution in [0.5, 0.6) is 0 Å². The standard InChI is InChI=1S/C21H29N3O2/c25-20(10-8-16-4-1-2-5-16)24-14-17-7-9-19(24)15-23(13-17)21(26)18-6-3-11-22-12-18/h3,6,11-12,16-17,19H,1-2,4-5,7-10,13-15H2/t17-,19+/m1/s1. The summed E-state index contributed by atoms with van der Waals surface area (Å²) in [6.07, 6.45) is 12.5. The normalized spacial score (nSPS) is 26.2. The number of carbonyl (C=O) groups is 2. The molecule has 3 saturated heterocycles. The van der Waals surface area contributed by atoms with Crippen LogP contribution in [0.1, 0.15) is 61.7 Å². The van der Waals surface area contributed by atoms with E-state index in [1.54, 1.807) is 18.5 Å². The maximum atomic E-state index is 12.9. The third-order valence-electron chi connectivity index (χ3n) is 6.47. The first-order chi connectivity index (χ1) is 12.7. The summed E-state index contributed by atoms with van der Waals surface area (Å²) < 4.78 is 0. The van der Waals surface area contributed by atoms with Gasteiger partial charge >= 0.3 is 0 Å². The van der Waals surface area contributed by atoms with Gasteiger partial charge in [0.15, 0.2) is 0 Å². The summed E-state index contributed by atoms with van der Waals surface area (Å²) in [7, 11) is 0. The Balaban J connectivity index is 1.39. The molecule has 1 aromatic rings. The zero-order chi connectivity index (χ0) is 17.9. The number of hydrogen-bond donors (Lipinski definition) is 0. The van der Waals surface area contributed by atoms with Crippen LogP contribution in [0.25, 0.3) is 0 Å². The monoisotopic (exact) mass is 355 g/mol. The molecule has 26 heavy (non-hydrogen) atoms. The Morgan fingerprint density at radius 1 is 1.08 bits per heavy atom. The highest BCUT2D eigenvalue weighted by atomic mass is 16.2. The van der Waals surface area contributed by atoms with Crippen molar-refractivity contribution >= 4 is 11.8 Å². The third kappa shape index (κ3) is 3.76. The molecule has 2 atom stereocenters. The van der Waals surface area contributed by atoms with Crippen LogP contribution < -0.4 is 0 Å². The van der Waals surface area contributed by atoms with Crippen molar-refractivity contribution in [2.75, 3.05) is 19.6 Å². The number of hydrogen-bond acceptors (Lipinski definition) is 3. The molecule has 5 heteroatoms.